The Bertz CT molecular complexity index is 1330. The standard InChI is InChI=1S/C30H39N5O2S2/c1-7-30(5,6)21-11-14-23-24(16-31)28(39-25(23)15-21)32-27(36)18-38-29-34-33-26(35(29)8-2)17-37-22-12-9-20(10-13-22)19(3)4/h9-10,12-13,19,21H,7-8,11,14-15,17-18H2,1-6H3,(H,32,36). The molecule has 9 heteroatoms. The summed E-state index contributed by atoms with van der Waals surface area (Å²) in [5.41, 5.74) is 3.30. The van der Waals surface area contributed by atoms with E-state index in [4.69, 9.17) is 4.74 Å². The number of nitriles is 1. The van der Waals surface area contributed by atoms with E-state index in [1.807, 2.05) is 23.6 Å². The Labute approximate surface area is 240 Å². The van der Waals surface area contributed by atoms with Gasteiger partial charge in [0.25, 0.3) is 0 Å². The van der Waals surface area contributed by atoms with Crippen molar-refractivity contribution in [1.82, 2.24) is 14.8 Å². The molecule has 0 bridgehead atoms. The summed E-state index contributed by atoms with van der Waals surface area (Å²) in [7, 11) is 0. The lowest BCUT2D eigenvalue weighted by atomic mass is 9.69. The summed E-state index contributed by atoms with van der Waals surface area (Å²) < 4.78 is 7.92. The molecule has 0 radical (unpaired) electrons. The minimum Gasteiger partial charge on any atom is -0.486 e. The van der Waals surface area contributed by atoms with Crippen LogP contribution in [0.1, 0.15) is 87.7 Å². The molecule has 1 amide bonds. The maximum absolute atomic E-state index is 12.9. The van der Waals surface area contributed by atoms with E-state index < -0.39 is 0 Å². The number of amides is 1. The minimum atomic E-state index is -0.144. The van der Waals surface area contributed by atoms with Crippen LogP contribution >= 0.6 is 23.1 Å². The molecule has 0 spiro atoms. The van der Waals surface area contributed by atoms with Crippen LogP contribution in [0.3, 0.4) is 0 Å². The molecule has 2 heterocycles. The number of fused-ring (bicyclic) bond motifs is 1. The van der Waals surface area contributed by atoms with Crippen LogP contribution in [-0.2, 0) is 30.8 Å². The number of nitrogens with zero attached hydrogens (tertiary/aromatic N) is 4. The number of carbonyl (C=O) groups excluding carboxylic acids is 1. The van der Waals surface area contributed by atoms with Gasteiger partial charge in [-0.1, -0.05) is 64.9 Å². The molecule has 0 fully saturated rings. The number of hydrogen-bond donors (Lipinski definition) is 1. The molecule has 1 atom stereocenters. The fourth-order valence-corrected chi connectivity index (χ4v) is 7.10. The highest BCUT2D eigenvalue weighted by molar-refractivity contribution is 7.99. The molecule has 1 aliphatic rings. The van der Waals surface area contributed by atoms with Gasteiger partial charge in [-0.2, -0.15) is 5.26 Å². The molecule has 39 heavy (non-hydrogen) atoms. The molecule has 7 nitrogen and oxygen atoms in total. The van der Waals surface area contributed by atoms with Gasteiger partial charge in [0.05, 0.1) is 11.3 Å². The number of ether oxygens (including phenoxy) is 1. The van der Waals surface area contributed by atoms with Crippen LogP contribution in [0.25, 0.3) is 0 Å². The van der Waals surface area contributed by atoms with Crippen molar-refractivity contribution in [2.45, 2.75) is 91.5 Å². The molecule has 1 aliphatic carbocycles. The summed E-state index contributed by atoms with van der Waals surface area (Å²) in [6.45, 7) is 14.2. The highest BCUT2D eigenvalue weighted by atomic mass is 32.2. The van der Waals surface area contributed by atoms with Gasteiger partial charge in [0.2, 0.25) is 5.91 Å². The number of nitrogens with one attached hydrogen (secondary N) is 1. The predicted octanol–water partition coefficient (Wildman–Crippen LogP) is 7.21. The average molecular weight is 566 g/mol. The number of hydrogen-bond acceptors (Lipinski definition) is 7. The lowest BCUT2D eigenvalue weighted by Crippen LogP contribution is -2.28. The molecule has 4 rings (SSSR count). The van der Waals surface area contributed by atoms with E-state index >= 15 is 0 Å². The van der Waals surface area contributed by atoms with Crippen molar-refractivity contribution in [3.63, 3.8) is 0 Å². The molecular formula is C30H39N5O2S2. The zero-order valence-corrected chi connectivity index (χ0v) is 25.5. The van der Waals surface area contributed by atoms with Gasteiger partial charge < -0.3 is 14.6 Å². The van der Waals surface area contributed by atoms with Crippen LogP contribution in [0.2, 0.25) is 0 Å². The fourth-order valence-electron chi connectivity index (χ4n) is 4.99. The molecule has 0 saturated carbocycles. The topological polar surface area (TPSA) is 92.8 Å². The number of aromatic nitrogens is 3. The third-order valence-corrected chi connectivity index (χ3v) is 10.1. The van der Waals surface area contributed by atoms with Crippen molar-refractivity contribution >= 4 is 34.0 Å². The van der Waals surface area contributed by atoms with E-state index in [9.17, 15) is 10.1 Å². The second-order valence-corrected chi connectivity index (χ2v) is 13.1. The first-order valence-electron chi connectivity index (χ1n) is 13.8. The van der Waals surface area contributed by atoms with E-state index in [1.165, 1.54) is 22.2 Å². The summed E-state index contributed by atoms with van der Waals surface area (Å²) in [6.07, 6.45) is 4.10. The number of thioether (sulfide) groups is 1. The van der Waals surface area contributed by atoms with Crippen molar-refractivity contribution in [3.05, 3.63) is 51.7 Å². The van der Waals surface area contributed by atoms with E-state index in [1.54, 1.807) is 11.3 Å². The van der Waals surface area contributed by atoms with Crippen molar-refractivity contribution in [1.29, 1.82) is 5.26 Å². The van der Waals surface area contributed by atoms with Crippen LogP contribution in [0.15, 0.2) is 29.4 Å². The molecule has 1 N–H and O–H groups in total. The normalized spacial score (nSPS) is 15.2. The molecular weight excluding hydrogens is 526 g/mol. The molecule has 0 aliphatic heterocycles. The SMILES string of the molecule is CCn1c(COc2ccc(C(C)C)cc2)nnc1SCC(=O)Nc1sc2c(c1C#N)CCC(C(C)(C)CC)C2. The van der Waals surface area contributed by atoms with Crippen LogP contribution in [-0.4, -0.2) is 26.4 Å². The van der Waals surface area contributed by atoms with Crippen molar-refractivity contribution < 1.29 is 9.53 Å². The Morgan fingerprint density at radius 2 is 2.03 bits per heavy atom. The highest BCUT2D eigenvalue weighted by Gasteiger charge is 2.34. The zero-order chi connectivity index (χ0) is 28.2. The Balaban J connectivity index is 1.36. The van der Waals surface area contributed by atoms with Crippen molar-refractivity contribution in [2.75, 3.05) is 11.1 Å². The summed E-state index contributed by atoms with van der Waals surface area (Å²) in [5.74, 6) is 2.62. The van der Waals surface area contributed by atoms with Crippen molar-refractivity contribution in [2.24, 2.45) is 11.3 Å². The third-order valence-electron chi connectivity index (χ3n) is 8.00. The number of rotatable bonds is 11. The summed E-state index contributed by atoms with van der Waals surface area (Å²) >= 11 is 2.92. The van der Waals surface area contributed by atoms with Gasteiger partial charge in [-0.25, -0.2) is 0 Å². The second kappa shape index (κ2) is 12.6. The molecule has 0 saturated heterocycles. The zero-order valence-electron chi connectivity index (χ0n) is 23.8. The summed E-state index contributed by atoms with van der Waals surface area (Å²) in [6, 6.07) is 10.5. The number of thiophene rings is 1. The van der Waals surface area contributed by atoms with E-state index in [0.29, 0.717) is 40.7 Å². The van der Waals surface area contributed by atoms with Crippen molar-refractivity contribution in [3.8, 4) is 11.8 Å². The summed E-state index contributed by atoms with van der Waals surface area (Å²) in [4.78, 5) is 14.2. The van der Waals surface area contributed by atoms with E-state index in [2.05, 4.69) is 68.3 Å². The minimum absolute atomic E-state index is 0.144. The smallest absolute Gasteiger partial charge is 0.235 e. The first-order chi connectivity index (χ1) is 18.7. The largest absolute Gasteiger partial charge is 0.486 e. The fraction of sp³-hybridized carbons (Fsp3) is 0.533. The first-order valence-corrected chi connectivity index (χ1v) is 15.6. The quantitative estimate of drug-likeness (QED) is 0.247. The number of carbonyl (C=O) groups is 1. The molecule has 2 aromatic heterocycles. The molecule has 1 aromatic carbocycles. The van der Waals surface area contributed by atoms with Crippen LogP contribution < -0.4 is 10.1 Å². The Kier molecular flexibility index (Phi) is 9.39. The Morgan fingerprint density at radius 1 is 1.28 bits per heavy atom. The highest BCUT2D eigenvalue weighted by Crippen LogP contribution is 2.45. The van der Waals surface area contributed by atoms with Gasteiger partial charge in [-0.05, 0) is 66.7 Å². The van der Waals surface area contributed by atoms with Gasteiger partial charge in [-0.3, -0.25) is 4.79 Å². The lowest BCUT2D eigenvalue weighted by Gasteiger charge is -2.36. The Morgan fingerprint density at radius 3 is 2.67 bits per heavy atom. The monoisotopic (exact) mass is 565 g/mol. The summed E-state index contributed by atoms with van der Waals surface area (Å²) in [5, 5.41) is 22.9. The van der Waals surface area contributed by atoms with Gasteiger partial charge in [0.15, 0.2) is 11.0 Å². The van der Waals surface area contributed by atoms with Gasteiger partial charge in [0, 0.05) is 11.4 Å². The van der Waals surface area contributed by atoms with E-state index in [-0.39, 0.29) is 17.1 Å². The maximum atomic E-state index is 12.9. The Hall–Kier alpha value is -2.83. The molecule has 1 unspecified atom stereocenters. The number of benzene rings is 1. The second-order valence-electron chi connectivity index (χ2n) is 11.1. The van der Waals surface area contributed by atoms with Crippen LogP contribution in [0, 0.1) is 22.7 Å². The van der Waals surface area contributed by atoms with Gasteiger partial charge >= 0.3 is 0 Å². The average Bonchev–Trinajstić information content (AvgIpc) is 3.49. The maximum Gasteiger partial charge on any atom is 0.235 e. The molecule has 3 aromatic rings. The number of anilines is 1. The third kappa shape index (κ3) is 6.67. The van der Waals surface area contributed by atoms with E-state index in [0.717, 1.165) is 42.8 Å². The van der Waals surface area contributed by atoms with Crippen LogP contribution in [0.5, 0.6) is 5.75 Å². The molecule has 208 valence electrons. The van der Waals surface area contributed by atoms with Crippen LogP contribution in [0.4, 0.5) is 5.00 Å². The van der Waals surface area contributed by atoms with Gasteiger partial charge in [-0.15, -0.1) is 21.5 Å². The van der Waals surface area contributed by atoms with Gasteiger partial charge in [0.1, 0.15) is 23.4 Å². The predicted molar refractivity (Wildman–Crippen MR) is 159 cm³/mol. The first kappa shape index (κ1) is 29.2. The lowest BCUT2D eigenvalue weighted by molar-refractivity contribution is -0.113.